The third-order valence-corrected chi connectivity index (χ3v) is 19.8. The van der Waals surface area contributed by atoms with E-state index in [4.69, 9.17) is 71.3 Å². The molecule has 10 rings (SSSR count). The summed E-state index contributed by atoms with van der Waals surface area (Å²) in [6.45, 7) is 17.2. The molecular formula is C89H109N9O22. The molecule has 5 heterocycles. The number of rotatable bonds is 49. The summed E-state index contributed by atoms with van der Waals surface area (Å²) in [4.78, 5) is 120. The predicted molar refractivity (Wildman–Crippen MR) is 449 cm³/mol. The Morgan fingerprint density at radius 3 is 1.78 bits per heavy atom. The number of hydrogen-bond acceptors (Lipinski definition) is 24. The highest BCUT2D eigenvalue weighted by Crippen LogP contribution is 2.43. The fourth-order valence-corrected chi connectivity index (χ4v) is 13.4. The first-order valence-electron chi connectivity index (χ1n) is 40.4. The zero-order valence-electron chi connectivity index (χ0n) is 68.9. The molecule has 642 valence electrons. The van der Waals surface area contributed by atoms with Crippen molar-refractivity contribution in [3.63, 3.8) is 0 Å². The number of allylic oxidation sites excluding steroid dienone is 11. The van der Waals surface area contributed by atoms with E-state index in [2.05, 4.69) is 33.0 Å². The van der Waals surface area contributed by atoms with Crippen LogP contribution in [-0.4, -0.2) is 252 Å². The van der Waals surface area contributed by atoms with Crippen LogP contribution in [0.15, 0.2) is 162 Å². The minimum atomic E-state index is -0.951. The first-order chi connectivity index (χ1) is 58.4. The Balaban J connectivity index is 0.514. The Bertz CT molecular complexity index is 4490. The molecule has 4 N–H and O–H groups in total. The van der Waals surface area contributed by atoms with Gasteiger partial charge < -0.3 is 97.4 Å². The number of carbonyl (C=O) groups is 8. The third kappa shape index (κ3) is 27.0. The number of methoxy groups -OCH3 is 2. The lowest BCUT2D eigenvalue weighted by Crippen LogP contribution is -2.53. The highest BCUT2D eigenvalue weighted by molar-refractivity contribution is 6.07. The van der Waals surface area contributed by atoms with Crippen LogP contribution in [0.4, 0.5) is 17.1 Å². The molecule has 0 aromatic heterocycles. The number of nitrogens with zero attached hydrogens (tertiary/aromatic N) is 5. The number of nitrogens with one attached hydrogen (secondary N) is 4. The second-order valence-corrected chi connectivity index (χ2v) is 28.7. The Hall–Kier alpha value is -11.4. The van der Waals surface area contributed by atoms with Crippen LogP contribution >= 0.6 is 0 Å². The van der Waals surface area contributed by atoms with Gasteiger partial charge in [0.2, 0.25) is 42.2 Å². The summed E-state index contributed by atoms with van der Waals surface area (Å²) < 4.78 is 79.3. The van der Waals surface area contributed by atoms with Crippen LogP contribution in [0.3, 0.4) is 0 Å². The molecule has 4 aromatic carbocycles. The molecule has 0 saturated carbocycles. The molecule has 31 heteroatoms. The van der Waals surface area contributed by atoms with E-state index in [1.807, 2.05) is 110 Å². The maximum Gasteiger partial charge on any atom is 0.260 e. The van der Waals surface area contributed by atoms with E-state index in [0.717, 1.165) is 27.8 Å². The molecule has 0 spiro atoms. The molecule has 4 aromatic rings. The molecule has 1 fully saturated rings. The molecule has 1 saturated heterocycles. The van der Waals surface area contributed by atoms with Crippen molar-refractivity contribution in [3.05, 3.63) is 174 Å². The van der Waals surface area contributed by atoms with E-state index in [1.165, 1.54) is 19.1 Å². The van der Waals surface area contributed by atoms with Crippen LogP contribution in [-0.2, 0) is 66.7 Å². The van der Waals surface area contributed by atoms with Crippen molar-refractivity contribution < 1.29 is 105 Å². The number of likely N-dealkylation sites (tertiary alicyclic amines) is 1. The summed E-state index contributed by atoms with van der Waals surface area (Å²) in [7, 11) is 3.00. The van der Waals surface area contributed by atoms with Gasteiger partial charge >= 0.3 is 0 Å². The fraction of sp³-hybridized carbons (Fsp3) is 0.438. The predicted octanol–water partition coefficient (Wildman–Crippen LogP) is 9.57. The summed E-state index contributed by atoms with van der Waals surface area (Å²) in [6.07, 6.45) is 27.5. The summed E-state index contributed by atoms with van der Waals surface area (Å²) >= 11 is 0. The Labute approximate surface area is 699 Å². The summed E-state index contributed by atoms with van der Waals surface area (Å²) in [6, 6.07) is 17.1. The number of amides is 8. The number of fused-ring (bicyclic) bond motifs is 3. The van der Waals surface area contributed by atoms with E-state index in [1.54, 1.807) is 79.4 Å². The van der Waals surface area contributed by atoms with Crippen molar-refractivity contribution >= 4 is 88.4 Å². The molecule has 120 heavy (non-hydrogen) atoms. The lowest BCUT2D eigenvalue weighted by Gasteiger charge is -2.24. The van der Waals surface area contributed by atoms with Gasteiger partial charge in [-0.15, -0.1) is 0 Å². The molecule has 0 bridgehead atoms. The highest BCUT2D eigenvalue weighted by atomic mass is 16.7. The maximum atomic E-state index is 14.2. The zero-order chi connectivity index (χ0) is 85.0. The number of imide groups is 1. The molecular weight excluding hydrogens is 1550 g/mol. The summed E-state index contributed by atoms with van der Waals surface area (Å²) in [5.41, 5.74) is 6.26. The SMILES string of the molecule is C=Nc1cc(OCCCOc2cc3c(cc2OC)C(=O)N2C=C(c4ccc(NC(=O)[C@H](C)NC(=O)C(NC(=O)CCOCCOCCOCCOCCOCCOCCOCCOCCNC(=O)CCN5C(=O)CC(C6=C/C=C\C=C/C=C\C=C/C=C\6)C5=O)C(C)C)cc4)C[C@H]2C=N3)c(OC)cc1C(=O)N1C=C(c2ccc3c(c2)OCO3)C[C@H]1C. The van der Waals surface area contributed by atoms with Gasteiger partial charge in [0.15, 0.2) is 34.5 Å². The van der Waals surface area contributed by atoms with Crippen LogP contribution in [0.25, 0.3) is 11.1 Å². The van der Waals surface area contributed by atoms with Gasteiger partial charge in [0, 0.05) is 87.7 Å². The van der Waals surface area contributed by atoms with Gasteiger partial charge in [0.25, 0.3) is 11.8 Å². The summed E-state index contributed by atoms with van der Waals surface area (Å²) in [5, 5.41) is 11.1. The average molecular weight is 1660 g/mol. The topological polar surface area (TPSA) is 348 Å². The molecule has 5 aliphatic heterocycles. The smallest absolute Gasteiger partial charge is 0.260 e. The monoisotopic (exact) mass is 1660 g/mol. The van der Waals surface area contributed by atoms with Crippen molar-refractivity contribution in [2.45, 2.75) is 90.4 Å². The Morgan fingerprint density at radius 2 is 1.16 bits per heavy atom. The normalized spacial score (nSPS) is 18.8. The van der Waals surface area contributed by atoms with Crippen molar-refractivity contribution in [2.24, 2.45) is 21.8 Å². The zero-order valence-corrected chi connectivity index (χ0v) is 68.9. The van der Waals surface area contributed by atoms with Gasteiger partial charge in [-0.05, 0) is 97.1 Å². The van der Waals surface area contributed by atoms with E-state index < -0.39 is 29.8 Å². The van der Waals surface area contributed by atoms with Gasteiger partial charge in [-0.1, -0.05) is 98.9 Å². The van der Waals surface area contributed by atoms with Gasteiger partial charge in [-0.3, -0.25) is 53.2 Å². The number of hydrogen-bond donors (Lipinski definition) is 4. The minimum absolute atomic E-state index is 0.00116. The van der Waals surface area contributed by atoms with Crippen LogP contribution in [0.2, 0.25) is 0 Å². The van der Waals surface area contributed by atoms with Crippen molar-refractivity contribution in [1.82, 2.24) is 30.7 Å². The first-order valence-corrected chi connectivity index (χ1v) is 40.4. The number of carbonyl (C=O) groups excluding carboxylic acids is 8. The summed E-state index contributed by atoms with van der Waals surface area (Å²) in [5.74, 6) is -0.857. The highest BCUT2D eigenvalue weighted by Gasteiger charge is 2.40. The molecule has 1 aliphatic carbocycles. The second-order valence-electron chi connectivity index (χ2n) is 28.7. The minimum Gasteiger partial charge on any atom is -0.493 e. The maximum absolute atomic E-state index is 14.2. The van der Waals surface area contributed by atoms with Gasteiger partial charge in [-0.2, -0.15) is 0 Å². The van der Waals surface area contributed by atoms with E-state index in [0.29, 0.717) is 168 Å². The first kappa shape index (κ1) is 90.9. The molecule has 5 atom stereocenters. The van der Waals surface area contributed by atoms with Crippen LogP contribution < -0.4 is 49.7 Å². The quantitative estimate of drug-likeness (QED) is 0.0181. The number of ether oxygens (including phenoxy) is 14. The largest absolute Gasteiger partial charge is 0.493 e. The average Bonchev–Trinajstić information content (AvgIpc) is 1.58. The second kappa shape index (κ2) is 48.0. The number of benzene rings is 4. The standard InChI is InChI=1S/C89H109N9O22/c1-60(2)84(95-82(100)27-32-109-34-36-111-38-40-113-42-44-115-46-47-116-45-43-114-41-39-112-37-35-110-33-28-91-81(99)26-29-96-83(101)53-70(87(96)104)64-18-15-13-11-9-8-10-12-14-16-19-64)86(103)93-62(4)85(102)94-68-23-20-63(21-24-68)67-49-69-56-92-74-55-80(77(108-7)52-72(74)89(106)98(69)58-67)118-31-17-30-117-79-54-73(90-5)71(51-76(79)107-6)88(105)97-57-66(48-61(97)3)65-22-25-75-78(50-65)120-59-119-75/h8-16,18-25,50-52,54-58,60-62,69-70,84H,5,17,26-49,53,59H2,1-4,6-7H3,(H,91,99)(H,93,103)(H,94,102)(H,95,100)/b9-8-,10-8?,11-9?,12-10-,13-11-,14-12?,15-13?,16-14-,18-15-,19-16?,64-18?,64-19+/t61-,62+,69+,70?,84?/m1/s1. The van der Waals surface area contributed by atoms with E-state index >= 15 is 0 Å². The third-order valence-electron chi connectivity index (χ3n) is 19.8. The Kier molecular flexibility index (Phi) is 36.3. The molecule has 2 unspecified atom stereocenters. The van der Waals surface area contributed by atoms with E-state index in [-0.39, 0.29) is 126 Å². The Morgan fingerprint density at radius 1 is 0.583 bits per heavy atom. The van der Waals surface area contributed by atoms with E-state index in [9.17, 15) is 38.4 Å². The van der Waals surface area contributed by atoms with Crippen molar-refractivity contribution in [1.29, 1.82) is 0 Å². The molecule has 8 amide bonds. The fourth-order valence-electron chi connectivity index (χ4n) is 13.4. The molecule has 0 radical (unpaired) electrons. The van der Waals surface area contributed by atoms with Crippen LogP contribution in [0, 0.1) is 11.8 Å². The van der Waals surface area contributed by atoms with Gasteiger partial charge in [0.05, 0.1) is 168 Å². The van der Waals surface area contributed by atoms with Gasteiger partial charge in [0.1, 0.15) is 12.1 Å². The lowest BCUT2D eigenvalue weighted by atomic mass is 9.96. The van der Waals surface area contributed by atoms with Gasteiger partial charge in [-0.25, -0.2) is 0 Å². The molecule has 31 nitrogen and oxygen atoms in total. The van der Waals surface area contributed by atoms with Crippen molar-refractivity contribution in [2.75, 3.05) is 158 Å². The number of aliphatic imine (C=N–C) groups is 2. The van der Waals surface area contributed by atoms with Crippen LogP contribution in [0.5, 0.6) is 34.5 Å². The molecule has 6 aliphatic rings. The number of anilines is 1. The lowest BCUT2D eigenvalue weighted by molar-refractivity contribution is -0.139. The van der Waals surface area contributed by atoms with Crippen LogP contribution in [0.1, 0.15) is 98.1 Å². The van der Waals surface area contributed by atoms with Crippen molar-refractivity contribution in [3.8, 4) is 34.5 Å².